The number of nitrogens with zero attached hydrogens (tertiary/aromatic N) is 1. The highest BCUT2D eigenvalue weighted by molar-refractivity contribution is 9.10. The van der Waals surface area contributed by atoms with Gasteiger partial charge in [-0.05, 0) is 19.9 Å². The van der Waals surface area contributed by atoms with Crippen LogP contribution in [0.1, 0.15) is 22.1 Å². The zero-order valence-electron chi connectivity index (χ0n) is 10.8. The Morgan fingerprint density at radius 1 is 1.32 bits per heavy atom. The van der Waals surface area contributed by atoms with Gasteiger partial charge in [-0.1, -0.05) is 34.1 Å². The van der Waals surface area contributed by atoms with Gasteiger partial charge in [-0.2, -0.15) is 0 Å². The molecule has 0 bridgehead atoms. The first-order valence-corrected chi connectivity index (χ1v) is 9.28. The van der Waals surface area contributed by atoms with E-state index >= 15 is 0 Å². The highest BCUT2D eigenvalue weighted by Gasteiger charge is 2.23. The highest BCUT2D eigenvalue weighted by atomic mass is 79.9. The molecule has 0 aliphatic carbocycles. The molecule has 0 aliphatic heterocycles. The van der Waals surface area contributed by atoms with E-state index in [9.17, 15) is 8.42 Å². The first-order chi connectivity index (χ1) is 8.80. The van der Waals surface area contributed by atoms with Crippen LogP contribution in [-0.2, 0) is 9.84 Å². The largest absolute Gasteiger partial charge is 0.240 e. The quantitative estimate of drug-likeness (QED) is 0.832. The van der Waals surface area contributed by atoms with Crippen molar-refractivity contribution in [2.75, 3.05) is 6.26 Å². The molecule has 19 heavy (non-hydrogen) atoms. The van der Waals surface area contributed by atoms with Gasteiger partial charge in [0.25, 0.3) is 0 Å². The van der Waals surface area contributed by atoms with Crippen LogP contribution in [0.5, 0.6) is 0 Å². The molecule has 2 aromatic rings. The molecule has 102 valence electrons. The van der Waals surface area contributed by atoms with Crippen molar-refractivity contribution < 1.29 is 8.42 Å². The molecular weight excluding hydrogens is 346 g/mol. The molecule has 1 heterocycles. The maximum atomic E-state index is 11.6. The summed E-state index contributed by atoms with van der Waals surface area (Å²) in [5, 5.41) is 0.0817. The minimum absolute atomic E-state index is 0.563. The number of aromatic nitrogens is 1. The Bertz CT molecular complexity index is 707. The number of halogens is 1. The van der Waals surface area contributed by atoms with Gasteiger partial charge in [-0.3, -0.25) is 0 Å². The Labute approximate surface area is 125 Å². The van der Waals surface area contributed by atoms with E-state index in [1.807, 2.05) is 31.2 Å². The third kappa shape index (κ3) is 3.07. The lowest BCUT2D eigenvalue weighted by Crippen LogP contribution is -2.07. The van der Waals surface area contributed by atoms with Crippen molar-refractivity contribution in [1.82, 2.24) is 4.98 Å². The number of aryl methyl sites for hydroxylation is 1. The number of sulfone groups is 1. The van der Waals surface area contributed by atoms with Crippen molar-refractivity contribution in [2.24, 2.45) is 0 Å². The summed E-state index contributed by atoms with van der Waals surface area (Å²) in [5.74, 6) is 0. The van der Waals surface area contributed by atoms with E-state index in [0.717, 1.165) is 20.6 Å². The standard InChI is InChI=1S/C13H14BrNO2S2/c1-8-12(10-6-4-5-7-11(10)14)15-13(18-8)9(2)19(3,16)17/h4-7,9H,1-3H3. The molecule has 0 spiro atoms. The topological polar surface area (TPSA) is 47.0 Å². The van der Waals surface area contributed by atoms with Crippen LogP contribution in [0.3, 0.4) is 0 Å². The molecule has 0 N–H and O–H groups in total. The Hall–Kier alpha value is -0.720. The summed E-state index contributed by atoms with van der Waals surface area (Å²) >= 11 is 4.94. The van der Waals surface area contributed by atoms with Gasteiger partial charge in [0.15, 0.2) is 9.84 Å². The molecular formula is C13H14BrNO2S2. The summed E-state index contributed by atoms with van der Waals surface area (Å²) in [7, 11) is -3.12. The molecule has 1 atom stereocenters. The lowest BCUT2D eigenvalue weighted by Gasteiger charge is -2.04. The molecule has 6 heteroatoms. The molecule has 0 amide bonds. The summed E-state index contributed by atoms with van der Waals surface area (Å²) < 4.78 is 24.2. The Morgan fingerprint density at radius 2 is 1.95 bits per heavy atom. The summed E-state index contributed by atoms with van der Waals surface area (Å²) in [5.41, 5.74) is 1.84. The predicted octanol–water partition coefficient (Wildman–Crippen LogP) is 3.99. The van der Waals surface area contributed by atoms with Gasteiger partial charge in [0.2, 0.25) is 0 Å². The van der Waals surface area contributed by atoms with E-state index in [2.05, 4.69) is 20.9 Å². The van der Waals surface area contributed by atoms with Crippen LogP contribution in [0.4, 0.5) is 0 Å². The van der Waals surface area contributed by atoms with Gasteiger partial charge in [0, 0.05) is 21.2 Å². The summed E-state index contributed by atoms with van der Waals surface area (Å²) in [6, 6.07) is 7.81. The minimum atomic E-state index is -3.12. The first kappa shape index (κ1) is 14.7. The maximum absolute atomic E-state index is 11.6. The summed E-state index contributed by atoms with van der Waals surface area (Å²) in [6.07, 6.45) is 1.24. The van der Waals surface area contributed by atoms with Crippen molar-refractivity contribution in [3.05, 3.63) is 38.6 Å². The SMILES string of the molecule is Cc1sc(C(C)S(C)(=O)=O)nc1-c1ccccc1Br. The Morgan fingerprint density at radius 3 is 2.53 bits per heavy atom. The number of rotatable bonds is 3. The lowest BCUT2D eigenvalue weighted by molar-refractivity contribution is 0.592. The van der Waals surface area contributed by atoms with Gasteiger partial charge < -0.3 is 0 Å². The summed E-state index contributed by atoms with van der Waals surface area (Å²) in [4.78, 5) is 5.54. The fourth-order valence-corrected chi connectivity index (χ4v) is 4.11. The minimum Gasteiger partial charge on any atom is -0.240 e. The van der Waals surface area contributed by atoms with Crippen LogP contribution in [0, 0.1) is 6.92 Å². The van der Waals surface area contributed by atoms with Crippen molar-refractivity contribution in [3.8, 4) is 11.3 Å². The van der Waals surface area contributed by atoms with E-state index < -0.39 is 15.1 Å². The first-order valence-electron chi connectivity index (χ1n) is 5.72. The molecule has 1 aromatic heterocycles. The lowest BCUT2D eigenvalue weighted by atomic mass is 10.1. The van der Waals surface area contributed by atoms with Gasteiger partial charge in [0.1, 0.15) is 10.3 Å². The van der Waals surface area contributed by atoms with Crippen molar-refractivity contribution in [1.29, 1.82) is 0 Å². The van der Waals surface area contributed by atoms with Crippen molar-refractivity contribution >= 4 is 37.1 Å². The molecule has 3 nitrogen and oxygen atoms in total. The monoisotopic (exact) mass is 359 g/mol. The molecule has 2 rings (SSSR count). The Balaban J connectivity index is 2.52. The number of hydrogen-bond acceptors (Lipinski definition) is 4. The van der Waals surface area contributed by atoms with E-state index in [-0.39, 0.29) is 0 Å². The zero-order chi connectivity index (χ0) is 14.2. The third-order valence-electron chi connectivity index (χ3n) is 2.93. The molecule has 1 aromatic carbocycles. The van der Waals surface area contributed by atoms with Crippen molar-refractivity contribution in [2.45, 2.75) is 19.1 Å². The molecule has 0 fully saturated rings. The Kier molecular flexibility index (Phi) is 4.13. The van der Waals surface area contributed by atoms with Crippen molar-refractivity contribution in [3.63, 3.8) is 0 Å². The zero-order valence-corrected chi connectivity index (χ0v) is 14.1. The molecule has 1 unspecified atom stereocenters. The van der Waals surface area contributed by atoms with Gasteiger partial charge in [-0.15, -0.1) is 11.3 Å². The predicted molar refractivity (Wildman–Crippen MR) is 83.2 cm³/mol. The van der Waals surface area contributed by atoms with Crippen LogP contribution in [0.2, 0.25) is 0 Å². The van der Waals surface area contributed by atoms with E-state index in [1.165, 1.54) is 17.6 Å². The number of hydrogen-bond donors (Lipinski definition) is 0. The number of benzene rings is 1. The van der Waals surface area contributed by atoms with Gasteiger partial charge in [-0.25, -0.2) is 13.4 Å². The maximum Gasteiger partial charge on any atom is 0.156 e. The van der Waals surface area contributed by atoms with E-state index in [0.29, 0.717) is 5.01 Å². The van der Waals surface area contributed by atoms with E-state index in [1.54, 1.807) is 6.92 Å². The average molecular weight is 360 g/mol. The second-order valence-corrected chi connectivity index (χ2v) is 8.86. The van der Waals surface area contributed by atoms with Crippen LogP contribution in [0.15, 0.2) is 28.7 Å². The molecule has 0 saturated heterocycles. The molecule has 0 radical (unpaired) electrons. The second-order valence-electron chi connectivity index (χ2n) is 4.41. The fraction of sp³-hybridized carbons (Fsp3) is 0.308. The molecule has 0 saturated carbocycles. The highest BCUT2D eigenvalue weighted by Crippen LogP contribution is 2.35. The average Bonchev–Trinajstić information content (AvgIpc) is 2.69. The van der Waals surface area contributed by atoms with Crippen LogP contribution < -0.4 is 0 Å². The fourth-order valence-electron chi connectivity index (χ4n) is 1.68. The van der Waals surface area contributed by atoms with Crippen LogP contribution in [0.25, 0.3) is 11.3 Å². The number of thiazole rings is 1. The van der Waals surface area contributed by atoms with Crippen LogP contribution >= 0.6 is 27.3 Å². The molecule has 0 aliphatic rings. The normalized spacial score (nSPS) is 13.5. The van der Waals surface area contributed by atoms with Gasteiger partial charge in [0.05, 0.1) is 5.69 Å². The summed E-state index contributed by atoms with van der Waals surface area (Å²) in [6.45, 7) is 3.64. The third-order valence-corrected chi connectivity index (χ3v) is 6.43. The second kappa shape index (κ2) is 5.34. The smallest absolute Gasteiger partial charge is 0.156 e. The van der Waals surface area contributed by atoms with E-state index in [4.69, 9.17) is 0 Å². The van der Waals surface area contributed by atoms with Gasteiger partial charge >= 0.3 is 0 Å². The van der Waals surface area contributed by atoms with Crippen LogP contribution in [-0.4, -0.2) is 19.7 Å².